The molecule has 0 amide bonds. The Kier molecular flexibility index (Phi) is 5.44. The number of nitrogens with zero attached hydrogens (tertiary/aromatic N) is 1. The lowest BCUT2D eigenvalue weighted by Gasteiger charge is -2.18. The molecule has 0 atom stereocenters. The molecule has 0 fully saturated rings. The summed E-state index contributed by atoms with van der Waals surface area (Å²) in [6.45, 7) is 1.98. The zero-order valence-electron chi connectivity index (χ0n) is 14.8. The Balaban J connectivity index is 1.40. The average Bonchev–Trinajstić information content (AvgIpc) is 2.73. The van der Waals surface area contributed by atoms with Crippen LogP contribution in [0.5, 0.6) is 11.5 Å². The van der Waals surface area contributed by atoms with Crippen LogP contribution in [0.4, 0.5) is 5.69 Å². The van der Waals surface area contributed by atoms with Crippen LogP contribution < -0.4 is 14.8 Å². The Hall–Kier alpha value is -2.73. The molecule has 2 heterocycles. The fourth-order valence-corrected chi connectivity index (χ4v) is 3.65. The van der Waals surface area contributed by atoms with Gasteiger partial charge < -0.3 is 14.8 Å². The Bertz CT molecular complexity index is 891. The molecule has 0 unspecified atom stereocenters. The monoisotopic (exact) mass is 380 g/mol. The number of anilines is 1. The summed E-state index contributed by atoms with van der Waals surface area (Å²) in [7, 11) is 0. The van der Waals surface area contributed by atoms with E-state index in [0.29, 0.717) is 18.8 Å². The lowest BCUT2D eigenvalue weighted by molar-refractivity contribution is 0.104. The number of hydrogen-bond acceptors (Lipinski definition) is 6. The third-order valence-corrected chi connectivity index (χ3v) is 5.21. The number of aliphatic imine (C=N–C) groups is 1. The van der Waals surface area contributed by atoms with Gasteiger partial charge in [0.15, 0.2) is 22.4 Å². The number of ketones is 1. The minimum Gasteiger partial charge on any atom is -0.486 e. The molecule has 5 nitrogen and oxygen atoms in total. The number of ether oxygens (including phenoxy) is 2. The smallest absolute Gasteiger partial charge is 0.185 e. The summed E-state index contributed by atoms with van der Waals surface area (Å²) in [6, 6.07) is 13.1. The van der Waals surface area contributed by atoms with Gasteiger partial charge in [0.2, 0.25) is 0 Å². The first-order valence-corrected chi connectivity index (χ1v) is 9.93. The second-order valence-electron chi connectivity index (χ2n) is 6.19. The Morgan fingerprint density at radius 1 is 1.07 bits per heavy atom. The molecule has 4 rings (SSSR count). The molecular formula is C21H20N2O3S. The molecule has 2 aliphatic rings. The van der Waals surface area contributed by atoms with Crippen molar-refractivity contribution >= 4 is 34.5 Å². The van der Waals surface area contributed by atoms with Crippen LogP contribution in [0, 0.1) is 0 Å². The van der Waals surface area contributed by atoms with Crippen molar-refractivity contribution < 1.29 is 14.3 Å². The van der Waals surface area contributed by atoms with Crippen molar-refractivity contribution in [3.8, 4) is 11.5 Å². The van der Waals surface area contributed by atoms with Crippen molar-refractivity contribution in [2.45, 2.75) is 6.42 Å². The van der Waals surface area contributed by atoms with E-state index in [9.17, 15) is 4.79 Å². The SMILES string of the molecule is O=C(C=Cc1ccc2c(c1)OCCO2)c1ccc(NC2=NCCCS2)cc1. The minimum absolute atomic E-state index is 0.0409. The van der Waals surface area contributed by atoms with Gasteiger partial charge in [-0.25, -0.2) is 0 Å². The van der Waals surface area contributed by atoms with Gasteiger partial charge in [-0.3, -0.25) is 9.79 Å². The van der Waals surface area contributed by atoms with Gasteiger partial charge in [0.25, 0.3) is 0 Å². The van der Waals surface area contributed by atoms with Crippen LogP contribution >= 0.6 is 11.8 Å². The van der Waals surface area contributed by atoms with E-state index in [2.05, 4.69) is 10.3 Å². The minimum atomic E-state index is -0.0409. The maximum Gasteiger partial charge on any atom is 0.185 e. The van der Waals surface area contributed by atoms with Crippen molar-refractivity contribution in [2.24, 2.45) is 4.99 Å². The van der Waals surface area contributed by atoms with E-state index in [4.69, 9.17) is 9.47 Å². The van der Waals surface area contributed by atoms with Crippen molar-refractivity contribution in [1.82, 2.24) is 0 Å². The summed E-state index contributed by atoms with van der Waals surface area (Å²) in [5.41, 5.74) is 2.49. The number of allylic oxidation sites excluding steroid dienone is 1. The van der Waals surface area contributed by atoms with Crippen LogP contribution in [0.3, 0.4) is 0 Å². The molecule has 0 radical (unpaired) electrons. The second-order valence-corrected chi connectivity index (χ2v) is 7.28. The van der Waals surface area contributed by atoms with E-state index in [1.807, 2.05) is 42.5 Å². The lowest BCUT2D eigenvalue weighted by atomic mass is 10.1. The number of carbonyl (C=O) groups excluding carboxylic acids is 1. The number of amidine groups is 1. The molecule has 0 aromatic heterocycles. The van der Waals surface area contributed by atoms with E-state index < -0.39 is 0 Å². The van der Waals surface area contributed by atoms with E-state index in [1.54, 1.807) is 23.9 Å². The van der Waals surface area contributed by atoms with E-state index in [-0.39, 0.29) is 5.78 Å². The highest BCUT2D eigenvalue weighted by atomic mass is 32.2. The van der Waals surface area contributed by atoms with Crippen molar-refractivity contribution in [3.05, 3.63) is 59.7 Å². The number of rotatable bonds is 4. The van der Waals surface area contributed by atoms with Crippen LogP contribution in [-0.4, -0.2) is 36.5 Å². The number of hydrogen-bond donors (Lipinski definition) is 1. The van der Waals surface area contributed by atoms with Crippen molar-refractivity contribution in [1.29, 1.82) is 0 Å². The van der Waals surface area contributed by atoms with Crippen LogP contribution in [0.2, 0.25) is 0 Å². The fraction of sp³-hybridized carbons (Fsp3) is 0.238. The quantitative estimate of drug-likeness (QED) is 0.634. The second kappa shape index (κ2) is 8.31. The number of nitrogens with one attached hydrogen (secondary N) is 1. The predicted molar refractivity (Wildman–Crippen MR) is 110 cm³/mol. The lowest BCUT2D eigenvalue weighted by Crippen LogP contribution is -2.15. The highest BCUT2D eigenvalue weighted by Crippen LogP contribution is 2.31. The van der Waals surface area contributed by atoms with Gasteiger partial charge in [0.1, 0.15) is 13.2 Å². The van der Waals surface area contributed by atoms with Gasteiger partial charge in [-0.1, -0.05) is 23.9 Å². The first-order valence-electron chi connectivity index (χ1n) is 8.94. The van der Waals surface area contributed by atoms with E-state index in [0.717, 1.165) is 46.6 Å². The van der Waals surface area contributed by atoms with E-state index in [1.165, 1.54) is 0 Å². The summed E-state index contributed by atoms with van der Waals surface area (Å²) < 4.78 is 11.1. The number of benzene rings is 2. The van der Waals surface area contributed by atoms with Crippen LogP contribution in [0.15, 0.2) is 53.5 Å². The normalized spacial score (nSPS) is 16.1. The maximum atomic E-state index is 12.4. The first-order chi connectivity index (χ1) is 13.3. The molecule has 2 aliphatic heterocycles. The van der Waals surface area contributed by atoms with Gasteiger partial charge in [0, 0.05) is 23.5 Å². The highest BCUT2D eigenvalue weighted by molar-refractivity contribution is 8.14. The number of fused-ring (bicyclic) bond motifs is 1. The largest absolute Gasteiger partial charge is 0.486 e. The standard InChI is InChI=1S/C21H20N2O3S/c24-18(8-2-15-3-9-19-20(14-15)26-12-11-25-19)16-4-6-17(7-5-16)23-21-22-10-1-13-27-21/h2-9,14H,1,10-13H2,(H,22,23). The third-order valence-electron chi connectivity index (χ3n) is 4.21. The van der Waals surface area contributed by atoms with Gasteiger partial charge in [-0.15, -0.1) is 0 Å². The summed E-state index contributed by atoms with van der Waals surface area (Å²) in [5, 5.41) is 4.24. The van der Waals surface area contributed by atoms with Crippen LogP contribution in [-0.2, 0) is 0 Å². The summed E-state index contributed by atoms with van der Waals surface area (Å²) in [4.78, 5) is 16.9. The van der Waals surface area contributed by atoms with Gasteiger partial charge in [-0.05, 0) is 54.5 Å². The molecule has 0 aliphatic carbocycles. The summed E-state index contributed by atoms with van der Waals surface area (Å²) >= 11 is 1.73. The highest BCUT2D eigenvalue weighted by Gasteiger charge is 2.11. The van der Waals surface area contributed by atoms with Gasteiger partial charge >= 0.3 is 0 Å². The Labute approximate surface area is 162 Å². The van der Waals surface area contributed by atoms with Gasteiger partial charge in [0.05, 0.1) is 0 Å². The molecule has 138 valence electrons. The average molecular weight is 380 g/mol. The molecule has 27 heavy (non-hydrogen) atoms. The van der Waals surface area contributed by atoms with Crippen molar-refractivity contribution in [3.63, 3.8) is 0 Å². The van der Waals surface area contributed by atoms with Crippen LogP contribution in [0.1, 0.15) is 22.3 Å². The van der Waals surface area contributed by atoms with E-state index >= 15 is 0 Å². The molecule has 2 aromatic rings. The molecule has 0 saturated carbocycles. The molecule has 0 bridgehead atoms. The first kappa shape index (κ1) is 17.7. The number of carbonyl (C=O) groups is 1. The summed E-state index contributed by atoms with van der Waals surface area (Å²) in [5.74, 6) is 2.51. The third kappa shape index (κ3) is 4.52. The molecular weight excluding hydrogens is 360 g/mol. The molecule has 1 N–H and O–H groups in total. The van der Waals surface area contributed by atoms with Crippen LogP contribution in [0.25, 0.3) is 6.08 Å². The topological polar surface area (TPSA) is 59.9 Å². The molecule has 2 aromatic carbocycles. The predicted octanol–water partition coefficient (Wildman–Crippen LogP) is 4.26. The maximum absolute atomic E-state index is 12.4. The fourth-order valence-electron chi connectivity index (χ4n) is 2.81. The number of thioether (sulfide) groups is 1. The van der Waals surface area contributed by atoms with Crippen molar-refractivity contribution in [2.75, 3.05) is 30.8 Å². The zero-order chi connectivity index (χ0) is 18.5. The molecule has 0 saturated heterocycles. The Morgan fingerprint density at radius 3 is 2.67 bits per heavy atom. The van der Waals surface area contributed by atoms with Gasteiger partial charge in [-0.2, -0.15) is 0 Å². The molecule has 6 heteroatoms. The zero-order valence-corrected chi connectivity index (χ0v) is 15.6. The Morgan fingerprint density at radius 2 is 1.89 bits per heavy atom. The summed E-state index contributed by atoms with van der Waals surface area (Å²) in [6.07, 6.45) is 4.49. The molecule has 0 spiro atoms.